The lowest BCUT2D eigenvalue weighted by Gasteiger charge is -2.45. The summed E-state index contributed by atoms with van der Waals surface area (Å²) in [6.07, 6.45) is 0.156. The lowest BCUT2D eigenvalue weighted by Crippen LogP contribution is -2.58. The van der Waals surface area contributed by atoms with Crippen molar-refractivity contribution in [3.05, 3.63) is 12.7 Å². The van der Waals surface area contributed by atoms with Gasteiger partial charge in [-0.3, -0.25) is 9.59 Å². The number of carbonyl (C=O) groups excluding carboxylic acids is 2. The second kappa shape index (κ2) is 14.1. The van der Waals surface area contributed by atoms with E-state index in [2.05, 4.69) is 12.5 Å². The lowest BCUT2D eigenvalue weighted by molar-refractivity contribution is -0.268. The van der Waals surface area contributed by atoms with E-state index < -0.39 is 89.5 Å². The van der Waals surface area contributed by atoms with Gasteiger partial charge >= 0.3 is 5.97 Å². The number of terminal acetylenes is 1. The Bertz CT molecular complexity index is 951. The summed E-state index contributed by atoms with van der Waals surface area (Å²) in [5, 5.41) is 44.7. The van der Waals surface area contributed by atoms with E-state index >= 15 is 0 Å². The van der Waals surface area contributed by atoms with E-state index in [9.17, 15) is 30.0 Å². The highest BCUT2D eigenvalue weighted by Gasteiger charge is 2.52. The van der Waals surface area contributed by atoms with E-state index in [1.807, 2.05) is 6.92 Å². The van der Waals surface area contributed by atoms with Gasteiger partial charge in [-0.15, -0.1) is 13.0 Å². The standard InChI is InChI=1S/C31H50O10/c1-11-21-15-30(9,38-10)27(34)18(6)26(41-23-14-16(4)24(32)20(8)39-23)19(7)29(36)40-22(12-2)31(37,13-3)28(35)17(5)25(21)33/h3,11,16-24,26-28,32,34-35,37H,1,12,14-15H2,2,4-10H3/t16-,17-,18-,19+,20-,21+,22+,23-,24+,26-,27+,28+,30+,31+/m0/s1. The molecular weight excluding hydrogens is 532 g/mol. The van der Waals surface area contributed by atoms with Crippen LogP contribution in [-0.4, -0.2) is 93.4 Å². The Morgan fingerprint density at radius 3 is 2.22 bits per heavy atom. The predicted octanol–water partition coefficient (Wildman–Crippen LogP) is 2.00. The van der Waals surface area contributed by atoms with Gasteiger partial charge in [-0.2, -0.15) is 0 Å². The summed E-state index contributed by atoms with van der Waals surface area (Å²) < 4.78 is 23.7. The Balaban J connectivity index is 2.64. The molecule has 0 unspecified atom stereocenters. The molecule has 0 spiro atoms. The first-order valence-corrected chi connectivity index (χ1v) is 14.5. The van der Waals surface area contributed by atoms with Crippen molar-refractivity contribution in [1.82, 2.24) is 0 Å². The third-order valence-electron chi connectivity index (χ3n) is 9.28. The van der Waals surface area contributed by atoms with Gasteiger partial charge in [0.15, 0.2) is 11.9 Å². The first-order valence-electron chi connectivity index (χ1n) is 14.5. The minimum atomic E-state index is -2.37. The summed E-state index contributed by atoms with van der Waals surface area (Å²) in [5.74, 6) is -3.00. The van der Waals surface area contributed by atoms with Gasteiger partial charge in [0.1, 0.15) is 18.0 Å². The zero-order chi connectivity index (χ0) is 31.4. The Morgan fingerprint density at radius 1 is 1.12 bits per heavy atom. The SMILES string of the molecule is C#C[C@]1(O)[C@H](O)[C@@H](C)C(=O)[C@H](C=C)C[C@@](C)(OC)[C@H](O)[C@@H](C)[C@H](O[C@H]2C[C@H](C)[C@@H](O)[C@H](C)O2)[C@@H](C)C(=O)O[C@@H]1CC. The van der Waals surface area contributed by atoms with Gasteiger partial charge in [0.25, 0.3) is 0 Å². The molecule has 2 saturated heterocycles. The van der Waals surface area contributed by atoms with Crippen LogP contribution in [-0.2, 0) is 28.5 Å². The smallest absolute Gasteiger partial charge is 0.311 e. The zero-order valence-electron chi connectivity index (χ0n) is 25.6. The second-order valence-electron chi connectivity index (χ2n) is 12.2. The minimum absolute atomic E-state index is 0.00811. The average Bonchev–Trinajstić information content (AvgIpc) is 2.96. The molecule has 10 nitrogen and oxygen atoms in total. The average molecular weight is 583 g/mol. The monoisotopic (exact) mass is 582 g/mol. The molecule has 0 saturated carbocycles. The quantitative estimate of drug-likeness (QED) is 0.215. The van der Waals surface area contributed by atoms with Crippen molar-refractivity contribution in [2.75, 3.05) is 7.11 Å². The third kappa shape index (κ3) is 7.21. The van der Waals surface area contributed by atoms with Crippen molar-refractivity contribution >= 4 is 11.8 Å². The number of carbonyl (C=O) groups is 2. The summed E-state index contributed by atoms with van der Waals surface area (Å²) >= 11 is 0. The fourth-order valence-corrected chi connectivity index (χ4v) is 6.15. The minimum Gasteiger partial charge on any atom is -0.458 e. The Kier molecular flexibility index (Phi) is 12.1. The fourth-order valence-electron chi connectivity index (χ4n) is 6.15. The molecule has 2 rings (SSSR count). The summed E-state index contributed by atoms with van der Waals surface area (Å²) in [6, 6.07) is 0. The van der Waals surface area contributed by atoms with Gasteiger partial charge in [-0.25, -0.2) is 0 Å². The number of ketones is 1. The third-order valence-corrected chi connectivity index (χ3v) is 9.28. The number of esters is 1. The normalized spacial score (nSPS) is 47.1. The van der Waals surface area contributed by atoms with Crippen LogP contribution >= 0.6 is 0 Å². The molecule has 0 aromatic carbocycles. The maximum Gasteiger partial charge on any atom is 0.311 e. The second-order valence-corrected chi connectivity index (χ2v) is 12.2. The van der Waals surface area contributed by atoms with Gasteiger partial charge < -0.3 is 39.4 Å². The van der Waals surface area contributed by atoms with Crippen LogP contribution in [0.15, 0.2) is 12.7 Å². The van der Waals surface area contributed by atoms with Gasteiger partial charge in [-0.1, -0.05) is 39.7 Å². The van der Waals surface area contributed by atoms with Gasteiger partial charge in [-0.05, 0) is 39.5 Å². The van der Waals surface area contributed by atoms with E-state index in [0.717, 1.165) is 0 Å². The van der Waals surface area contributed by atoms with Crippen LogP contribution in [0.5, 0.6) is 0 Å². The summed E-state index contributed by atoms with van der Waals surface area (Å²) in [4.78, 5) is 27.1. The van der Waals surface area contributed by atoms with Crippen LogP contribution in [0.2, 0.25) is 0 Å². The van der Waals surface area contributed by atoms with Crippen molar-refractivity contribution in [2.24, 2.45) is 29.6 Å². The van der Waals surface area contributed by atoms with E-state index in [1.54, 1.807) is 34.6 Å². The molecule has 2 aliphatic rings. The molecule has 2 aliphatic heterocycles. The summed E-state index contributed by atoms with van der Waals surface area (Å²) in [6.45, 7) is 15.4. The first kappa shape index (κ1) is 35.4. The number of aliphatic hydroxyl groups is 4. The number of methoxy groups -OCH3 is 1. The lowest BCUT2D eigenvalue weighted by atomic mass is 9.73. The predicted molar refractivity (Wildman–Crippen MR) is 151 cm³/mol. The molecule has 0 aliphatic carbocycles. The Hall–Kier alpha value is -1.84. The molecular formula is C31H50O10. The van der Waals surface area contributed by atoms with Crippen LogP contribution < -0.4 is 0 Å². The highest BCUT2D eigenvalue weighted by Crippen LogP contribution is 2.38. The highest BCUT2D eigenvalue weighted by molar-refractivity contribution is 5.85. The largest absolute Gasteiger partial charge is 0.458 e. The van der Waals surface area contributed by atoms with Crippen molar-refractivity contribution in [3.8, 4) is 12.3 Å². The van der Waals surface area contributed by atoms with E-state index in [-0.39, 0.29) is 18.8 Å². The molecule has 4 N–H and O–H groups in total. The van der Waals surface area contributed by atoms with Crippen LogP contribution in [0.4, 0.5) is 0 Å². The molecule has 0 aromatic rings. The number of cyclic esters (lactones) is 1. The number of ether oxygens (including phenoxy) is 4. The van der Waals surface area contributed by atoms with Crippen molar-refractivity contribution in [2.45, 2.75) is 122 Å². The number of hydrogen-bond acceptors (Lipinski definition) is 10. The van der Waals surface area contributed by atoms with E-state index in [1.165, 1.54) is 20.1 Å². The molecule has 14 atom stereocenters. The molecule has 0 bridgehead atoms. The van der Waals surface area contributed by atoms with Gasteiger partial charge in [0.05, 0.1) is 35.9 Å². The molecule has 0 radical (unpaired) electrons. The van der Waals surface area contributed by atoms with Gasteiger partial charge in [0.2, 0.25) is 0 Å². The van der Waals surface area contributed by atoms with Crippen LogP contribution in [0.1, 0.15) is 67.7 Å². The molecule has 2 fully saturated rings. The molecule has 234 valence electrons. The molecule has 10 heteroatoms. The first-order chi connectivity index (χ1) is 19.0. The van der Waals surface area contributed by atoms with E-state index in [0.29, 0.717) is 6.42 Å². The number of aliphatic hydroxyl groups excluding tert-OH is 3. The van der Waals surface area contributed by atoms with Crippen LogP contribution in [0, 0.1) is 41.9 Å². The van der Waals surface area contributed by atoms with Crippen molar-refractivity contribution in [3.63, 3.8) is 0 Å². The van der Waals surface area contributed by atoms with Gasteiger partial charge in [0, 0.05) is 31.3 Å². The maximum atomic E-state index is 13.6. The Morgan fingerprint density at radius 2 is 1.73 bits per heavy atom. The number of rotatable bonds is 5. The molecule has 41 heavy (non-hydrogen) atoms. The number of allylic oxidation sites excluding steroid dienone is 1. The van der Waals surface area contributed by atoms with E-state index in [4.69, 9.17) is 25.4 Å². The maximum absolute atomic E-state index is 13.6. The van der Waals surface area contributed by atoms with Crippen LogP contribution in [0.3, 0.4) is 0 Å². The summed E-state index contributed by atoms with van der Waals surface area (Å²) in [5.41, 5.74) is -3.68. The number of hydrogen-bond donors (Lipinski definition) is 4. The van der Waals surface area contributed by atoms with Crippen molar-refractivity contribution in [1.29, 1.82) is 0 Å². The van der Waals surface area contributed by atoms with Crippen molar-refractivity contribution < 1.29 is 49.0 Å². The molecule has 2 heterocycles. The highest BCUT2D eigenvalue weighted by atomic mass is 16.7. The van der Waals surface area contributed by atoms with Crippen LogP contribution in [0.25, 0.3) is 0 Å². The fraction of sp³-hybridized carbons (Fsp3) is 0.806. The topological polar surface area (TPSA) is 152 Å². The summed E-state index contributed by atoms with van der Waals surface area (Å²) in [7, 11) is 1.41. The molecule has 0 amide bonds. The molecule has 0 aromatic heterocycles. The Labute approximate surface area is 244 Å². The number of Topliss-reactive ketones (excluding diaryl/α,β-unsaturated/α-hetero) is 1. The zero-order valence-corrected chi connectivity index (χ0v) is 25.6.